The first-order valence-electron chi connectivity index (χ1n) is 7.57. The van der Waals surface area contributed by atoms with E-state index in [9.17, 15) is 23.1 Å². The number of carbonyl (C=O) groups excluding carboxylic acids is 1. The minimum Gasteiger partial charge on any atom is -0.470 e. The summed E-state index contributed by atoms with van der Waals surface area (Å²) >= 11 is 0. The van der Waals surface area contributed by atoms with E-state index in [4.69, 9.17) is 4.74 Å². The second kappa shape index (κ2) is 6.72. The van der Waals surface area contributed by atoms with Crippen molar-refractivity contribution in [2.45, 2.75) is 18.4 Å². The molecule has 25 heavy (non-hydrogen) atoms. The molecule has 0 saturated carbocycles. The van der Waals surface area contributed by atoms with E-state index in [-0.39, 0.29) is 13.1 Å². The molecule has 1 N–H and O–H groups in total. The molecule has 2 aromatic rings. The zero-order valence-corrected chi connectivity index (χ0v) is 13.0. The Morgan fingerprint density at radius 2 is 1.88 bits per heavy atom. The number of aliphatic hydroxyl groups excluding tert-OH is 1. The first-order chi connectivity index (χ1) is 11.9. The number of hydrogen-bond acceptors (Lipinski definition) is 4. The average molecular weight is 352 g/mol. The van der Waals surface area contributed by atoms with Crippen LogP contribution in [0.3, 0.4) is 0 Å². The third-order valence-electron chi connectivity index (χ3n) is 3.86. The van der Waals surface area contributed by atoms with Gasteiger partial charge in [-0.2, -0.15) is 13.2 Å². The topological polar surface area (TPSA) is 62.7 Å². The van der Waals surface area contributed by atoms with Gasteiger partial charge in [0.2, 0.25) is 5.88 Å². The summed E-state index contributed by atoms with van der Waals surface area (Å²) in [5.74, 6) is -1.01. The van der Waals surface area contributed by atoms with Crippen molar-refractivity contribution in [3.63, 3.8) is 0 Å². The maximum Gasteiger partial charge on any atom is 0.421 e. The lowest BCUT2D eigenvalue weighted by atomic mass is 10.1. The molecule has 1 aromatic carbocycles. The predicted octanol–water partition coefficient (Wildman–Crippen LogP) is 2.42. The monoisotopic (exact) mass is 352 g/mol. The molecule has 1 amide bonds. The van der Waals surface area contributed by atoms with E-state index in [2.05, 4.69) is 4.98 Å². The molecule has 1 unspecified atom stereocenters. The fraction of sp³-hybridized carbons (Fsp3) is 0.294. The number of hydrogen-bond donors (Lipinski definition) is 1. The normalized spacial score (nSPS) is 16.2. The number of alkyl halides is 3. The number of carbonyl (C=O) groups is 1. The Labute approximate surface area is 141 Å². The van der Waals surface area contributed by atoms with Crippen molar-refractivity contribution in [2.75, 3.05) is 13.1 Å². The molecular formula is C17H15F3N2O3. The molecule has 8 heteroatoms. The van der Waals surface area contributed by atoms with Gasteiger partial charge in [-0.05, 0) is 17.7 Å². The molecule has 0 spiro atoms. The minimum atomic E-state index is -4.56. The van der Waals surface area contributed by atoms with Gasteiger partial charge in [0, 0.05) is 6.20 Å². The Kier molecular flexibility index (Phi) is 4.63. The molecule has 0 aliphatic carbocycles. The van der Waals surface area contributed by atoms with Gasteiger partial charge in [0.1, 0.15) is 11.7 Å². The van der Waals surface area contributed by atoms with Crippen molar-refractivity contribution in [3.8, 4) is 5.88 Å². The fourth-order valence-corrected chi connectivity index (χ4v) is 2.50. The van der Waals surface area contributed by atoms with Crippen molar-refractivity contribution >= 4 is 5.91 Å². The van der Waals surface area contributed by atoms with Crippen LogP contribution in [-0.4, -0.2) is 40.1 Å². The van der Waals surface area contributed by atoms with Crippen molar-refractivity contribution in [1.29, 1.82) is 0 Å². The number of nitrogens with zero attached hydrogens (tertiary/aromatic N) is 2. The maximum absolute atomic E-state index is 12.9. The summed E-state index contributed by atoms with van der Waals surface area (Å²) in [5.41, 5.74) is -0.495. The number of aliphatic hydroxyl groups is 1. The molecule has 2 heterocycles. The Morgan fingerprint density at radius 1 is 1.20 bits per heavy atom. The van der Waals surface area contributed by atoms with Crippen molar-refractivity contribution in [2.24, 2.45) is 0 Å². The van der Waals surface area contributed by atoms with Gasteiger partial charge in [-0.25, -0.2) is 4.98 Å². The highest BCUT2D eigenvalue weighted by atomic mass is 19.4. The number of rotatable bonds is 4. The summed E-state index contributed by atoms with van der Waals surface area (Å²) in [6.07, 6.45) is -5.25. The number of pyridine rings is 1. The molecule has 1 atom stereocenters. The smallest absolute Gasteiger partial charge is 0.421 e. The summed E-state index contributed by atoms with van der Waals surface area (Å²) in [5, 5.41) is 10.1. The Hall–Kier alpha value is -2.61. The number of ether oxygens (including phenoxy) is 1. The van der Waals surface area contributed by atoms with Crippen LogP contribution in [0.4, 0.5) is 13.2 Å². The molecule has 1 aliphatic rings. The van der Waals surface area contributed by atoms with Crippen LogP contribution >= 0.6 is 0 Å². The van der Waals surface area contributed by atoms with Crippen LogP contribution < -0.4 is 4.74 Å². The van der Waals surface area contributed by atoms with E-state index in [1.165, 1.54) is 17.2 Å². The molecule has 1 saturated heterocycles. The lowest BCUT2D eigenvalue weighted by Crippen LogP contribution is -2.57. The van der Waals surface area contributed by atoms with Crippen molar-refractivity contribution in [3.05, 3.63) is 59.8 Å². The number of amides is 1. The van der Waals surface area contributed by atoms with Gasteiger partial charge in [0.15, 0.2) is 6.10 Å². The van der Waals surface area contributed by atoms with E-state index < -0.39 is 35.7 Å². The van der Waals surface area contributed by atoms with Gasteiger partial charge >= 0.3 is 6.18 Å². The summed E-state index contributed by atoms with van der Waals surface area (Å²) in [7, 11) is 0. The van der Waals surface area contributed by atoms with Crippen LogP contribution in [0.25, 0.3) is 0 Å². The van der Waals surface area contributed by atoms with E-state index in [0.29, 0.717) is 5.56 Å². The van der Waals surface area contributed by atoms with Gasteiger partial charge in [-0.3, -0.25) is 4.79 Å². The van der Waals surface area contributed by atoms with E-state index >= 15 is 0 Å². The van der Waals surface area contributed by atoms with Crippen molar-refractivity contribution in [1.82, 2.24) is 9.88 Å². The largest absolute Gasteiger partial charge is 0.470 e. The van der Waals surface area contributed by atoms with E-state index in [0.717, 1.165) is 6.07 Å². The van der Waals surface area contributed by atoms with Crippen LogP contribution in [0, 0.1) is 0 Å². The van der Waals surface area contributed by atoms with Crippen LogP contribution in [0.15, 0.2) is 48.7 Å². The van der Waals surface area contributed by atoms with Gasteiger partial charge < -0.3 is 14.7 Å². The third-order valence-corrected chi connectivity index (χ3v) is 3.86. The standard InChI is InChI=1S/C17H15F3N2O3/c18-17(19,20)13-7-4-8-21-15(13)25-12-9-22(10-12)16(24)14(23)11-5-2-1-3-6-11/h1-8,12,14,23H,9-10H2. The van der Waals surface area contributed by atoms with Crippen molar-refractivity contribution < 1.29 is 27.8 Å². The Bertz CT molecular complexity index is 746. The molecule has 5 nitrogen and oxygen atoms in total. The molecule has 1 fully saturated rings. The zero-order chi connectivity index (χ0) is 18.0. The van der Waals surface area contributed by atoms with E-state index in [1.807, 2.05) is 0 Å². The highest BCUT2D eigenvalue weighted by molar-refractivity contribution is 5.82. The zero-order valence-electron chi connectivity index (χ0n) is 13.0. The second-order valence-corrected chi connectivity index (χ2v) is 5.65. The highest BCUT2D eigenvalue weighted by Gasteiger charge is 2.39. The lowest BCUT2D eigenvalue weighted by molar-refractivity contribution is -0.151. The maximum atomic E-state index is 12.9. The summed E-state index contributed by atoms with van der Waals surface area (Å²) in [6, 6.07) is 10.5. The molecular weight excluding hydrogens is 337 g/mol. The number of aromatic nitrogens is 1. The quantitative estimate of drug-likeness (QED) is 0.918. The summed E-state index contributed by atoms with van der Waals surface area (Å²) in [4.78, 5) is 17.1. The SMILES string of the molecule is O=C(C(O)c1ccccc1)N1CC(Oc2ncccc2C(F)(F)F)C1. The van der Waals surface area contributed by atoms with E-state index in [1.54, 1.807) is 30.3 Å². The predicted molar refractivity (Wildman–Crippen MR) is 81.6 cm³/mol. The lowest BCUT2D eigenvalue weighted by Gasteiger charge is -2.39. The van der Waals surface area contributed by atoms with Crippen LogP contribution in [0.2, 0.25) is 0 Å². The summed E-state index contributed by atoms with van der Waals surface area (Å²) < 4.78 is 44.0. The number of halogens is 3. The first kappa shape index (κ1) is 17.2. The molecule has 1 aromatic heterocycles. The number of likely N-dealkylation sites (tertiary alicyclic amines) is 1. The Balaban J connectivity index is 1.60. The molecule has 132 valence electrons. The average Bonchev–Trinajstić information content (AvgIpc) is 2.57. The highest BCUT2D eigenvalue weighted by Crippen LogP contribution is 2.35. The van der Waals surface area contributed by atoms with Gasteiger partial charge in [0.25, 0.3) is 5.91 Å². The molecule has 3 rings (SSSR count). The van der Waals surface area contributed by atoms with Crippen LogP contribution in [0.1, 0.15) is 17.2 Å². The van der Waals surface area contributed by atoms with Crippen LogP contribution in [0.5, 0.6) is 5.88 Å². The second-order valence-electron chi connectivity index (χ2n) is 5.65. The fourth-order valence-electron chi connectivity index (χ4n) is 2.50. The molecule has 0 bridgehead atoms. The third kappa shape index (κ3) is 3.74. The number of benzene rings is 1. The first-order valence-corrected chi connectivity index (χ1v) is 7.57. The van der Waals surface area contributed by atoms with Gasteiger partial charge in [0.05, 0.1) is 13.1 Å². The minimum absolute atomic E-state index is 0.0938. The van der Waals surface area contributed by atoms with Gasteiger partial charge in [-0.15, -0.1) is 0 Å². The van der Waals surface area contributed by atoms with Gasteiger partial charge in [-0.1, -0.05) is 30.3 Å². The summed E-state index contributed by atoms with van der Waals surface area (Å²) in [6.45, 7) is 0.188. The van der Waals surface area contributed by atoms with Crippen LogP contribution in [-0.2, 0) is 11.0 Å². The molecule has 1 aliphatic heterocycles. The molecule has 0 radical (unpaired) electrons. The Morgan fingerprint density at radius 3 is 2.52 bits per heavy atom.